The summed E-state index contributed by atoms with van der Waals surface area (Å²) >= 11 is 0. The van der Waals surface area contributed by atoms with Crippen LogP contribution in [0.15, 0.2) is 10.7 Å². The molecule has 2 heterocycles. The first-order valence-electron chi connectivity index (χ1n) is 6.59. The van der Waals surface area contributed by atoms with Crippen molar-refractivity contribution < 1.29 is 19.1 Å². The third-order valence-electron chi connectivity index (χ3n) is 3.48. The maximum absolute atomic E-state index is 11.7. The average molecular weight is 266 g/mol. The second-order valence-corrected chi connectivity index (χ2v) is 4.72. The highest BCUT2D eigenvalue weighted by Crippen LogP contribution is 2.21. The minimum atomic E-state index is -1.09. The number of aryl methyl sites for hydroxylation is 1. The number of hydrogen-bond acceptors (Lipinski definition) is 4. The largest absolute Gasteiger partial charge is 0.476 e. The molecule has 1 aliphatic rings. The number of amides is 1. The lowest BCUT2D eigenvalue weighted by molar-refractivity contribution is -0.129. The van der Waals surface area contributed by atoms with E-state index >= 15 is 0 Å². The topological polar surface area (TPSA) is 83.6 Å². The van der Waals surface area contributed by atoms with Gasteiger partial charge in [-0.05, 0) is 19.3 Å². The van der Waals surface area contributed by atoms with Gasteiger partial charge in [0, 0.05) is 25.4 Å². The number of carboxylic acid groups (broad SMARTS) is 1. The van der Waals surface area contributed by atoms with Crippen LogP contribution in [0.3, 0.4) is 0 Å². The molecule has 2 rings (SSSR count). The van der Waals surface area contributed by atoms with E-state index in [9.17, 15) is 9.59 Å². The monoisotopic (exact) mass is 266 g/mol. The van der Waals surface area contributed by atoms with Gasteiger partial charge in [-0.1, -0.05) is 6.92 Å². The van der Waals surface area contributed by atoms with Crippen molar-refractivity contribution in [1.82, 2.24) is 9.88 Å². The Morgan fingerprint density at radius 1 is 1.63 bits per heavy atom. The number of carbonyl (C=O) groups excluding carboxylic acids is 1. The maximum atomic E-state index is 11.7. The van der Waals surface area contributed by atoms with Gasteiger partial charge in [-0.15, -0.1) is 0 Å². The lowest BCUT2D eigenvalue weighted by Crippen LogP contribution is -2.33. The highest BCUT2D eigenvalue weighted by molar-refractivity contribution is 5.84. The Bertz CT molecular complexity index is 469. The van der Waals surface area contributed by atoms with Crippen molar-refractivity contribution in [3.8, 4) is 0 Å². The zero-order chi connectivity index (χ0) is 13.8. The summed E-state index contributed by atoms with van der Waals surface area (Å²) in [7, 11) is 0. The van der Waals surface area contributed by atoms with Crippen LogP contribution < -0.4 is 0 Å². The highest BCUT2D eigenvalue weighted by Gasteiger charge is 2.28. The van der Waals surface area contributed by atoms with Crippen molar-refractivity contribution >= 4 is 11.9 Å². The molecular weight excluding hydrogens is 248 g/mol. The van der Waals surface area contributed by atoms with Gasteiger partial charge in [0.05, 0.1) is 0 Å². The van der Waals surface area contributed by atoms with Gasteiger partial charge in [0.2, 0.25) is 5.91 Å². The molecule has 6 nitrogen and oxygen atoms in total. The summed E-state index contributed by atoms with van der Waals surface area (Å²) in [5.41, 5.74) is -0.0707. The number of likely N-dealkylation sites (tertiary alicyclic amines) is 1. The van der Waals surface area contributed by atoms with Crippen LogP contribution >= 0.6 is 0 Å². The Morgan fingerprint density at radius 2 is 2.42 bits per heavy atom. The molecule has 1 aliphatic heterocycles. The number of rotatable bonds is 6. The van der Waals surface area contributed by atoms with E-state index in [1.165, 1.54) is 0 Å². The van der Waals surface area contributed by atoms with Crippen molar-refractivity contribution in [3.05, 3.63) is 17.8 Å². The van der Waals surface area contributed by atoms with Crippen LogP contribution in [-0.4, -0.2) is 39.5 Å². The zero-order valence-electron chi connectivity index (χ0n) is 11.0. The number of hydrogen-bond donors (Lipinski definition) is 1. The fourth-order valence-electron chi connectivity index (χ4n) is 2.45. The smallest absolute Gasteiger partial charge is 0.357 e. The molecule has 1 atom stereocenters. The SMILES string of the molecule is CCC1CCC(=O)N1CCCc1nc(C(=O)O)co1. The normalized spacial score (nSPS) is 19.1. The van der Waals surface area contributed by atoms with Crippen LogP contribution in [0.25, 0.3) is 0 Å². The molecule has 0 spiro atoms. The Balaban J connectivity index is 1.82. The minimum Gasteiger partial charge on any atom is -0.476 e. The summed E-state index contributed by atoms with van der Waals surface area (Å²) in [5.74, 6) is -0.460. The average Bonchev–Trinajstić information content (AvgIpc) is 2.98. The van der Waals surface area contributed by atoms with Crippen molar-refractivity contribution in [2.75, 3.05) is 6.54 Å². The molecule has 1 N–H and O–H groups in total. The van der Waals surface area contributed by atoms with Crippen molar-refractivity contribution in [2.45, 2.75) is 45.1 Å². The van der Waals surface area contributed by atoms with E-state index in [0.29, 0.717) is 31.3 Å². The molecule has 1 unspecified atom stereocenters. The number of aromatic carboxylic acids is 1. The molecule has 0 aromatic carbocycles. The second-order valence-electron chi connectivity index (χ2n) is 4.72. The lowest BCUT2D eigenvalue weighted by atomic mass is 10.1. The van der Waals surface area contributed by atoms with Crippen LogP contribution in [0.1, 0.15) is 49.0 Å². The first kappa shape index (κ1) is 13.6. The van der Waals surface area contributed by atoms with E-state index in [0.717, 1.165) is 25.5 Å². The quantitative estimate of drug-likeness (QED) is 0.847. The van der Waals surface area contributed by atoms with Crippen molar-refractivity contribution in [3.63, 3.8) is 0 Å². The van der Waals surface area contributed by atoms with Gasteiger partial charge in [-0.25, -0.2) is 9.78 Å². The molecule has 1 aromatic heterocycles. The molecule has 19 heavy (non-hydrogen) atoms. The van der Waals surface area contributed by atoms with E-state index < -0.39 is 5.97 Å². The van der Waals surface area contributed by atoms with Crippen LogP contribution in [0.2, 0.25) is 0 Å². The first-order chi connectivity index (χ1) is 9.11. The second kappa shape index (κ2) is 5.86. The van der Waals surface area contributed by atoms with Crippen LogP contribution in [-0.2, 0) is 11.2 Å². The third kappa shape index (κ3) is 3.13. The summed E-state index contributed by atoms with van der Waals surface area (Å²) in [6.07, 6.45) is 4.99. The molecule has 104 valence electrons. The maximum Gasteiger partial charge on any atom is 0.357 e. The van der Waals surface area contributed by atoms with E-state index in [2.05, 4.69) is 11.9 Å². The summed E-state index contributed by atoms with van der Waals surface area (Å²) in [5, 5.41) is 8.72. The molecule has 1 aromatic rings. The predicted octanol–water partition coefficient (Wildman–Crippen LogP) is 1.71. The van der Waals surface area contributed by atoms with Gasteiger partial charge in [0.15, 0.2) is 11.6 Å². The summed E-state index contributed by atoms with van der Waals surface area (Å²) in [6, 6.07) is 0.353. The Labute approximate surface area is 111 Å². The third-order valence-corrected chi connectivity index (χ3v) is 3.48. The minimum absolute atomic E-state index is 0.0707. The van der Waals surface area contributed by atoms with Gasteiger partial charge in [0.1, 0.15) is 6.26 Å². The standard InChI is InChI=1S/C13H18N2O4/c1-2-9-5-6-12(16)15(9)7-3-4-11-14-10(8-19-11)13(17)18/h8-9H,2-7H2,1H3,(H,17,18). The van der Waals surface area contributed by atoms with Gasteiger partial charge >= 0.3 is 5.97 Å². The van der Waals surface area contributed by atoms with E-state index in [1.807, 2.05) is 4.90 Å². The number of carboxylic acids is 1. The molecular formula is C13H18N2O4. The zero-order valence-corrected chi connectivity index (χ0v) is 11.0. The van der Waals surface area contributed by atoms with Gasteiger partial charge < -0.3 is 14.4 Å². The van der Waals surface area contributed by atoms with Crippen molar-refractivity contribution in [1.29, 1.82) is 0 Å². The predicted molar refractivity (Wildman–Crippen MR) is 66.8 cm³/mol. The van der Waals surface area contributed by atoms with Crippen LogP contribution in [0.5, 0.6) is 0 Å². The van der Waals surface area contributed by atoms with E-state index in [-0.39, 0.29) is 11.6 Å². The molecule has 1 fully saturated rings. The molecule has 0 saturated carbocycles. The molecule has 0 radical (unpaired) electrons. The highest BCUT2D eigenvalue weighted by atomic mass is 16.4. The summed E-state index contributed by atoms with van der Waals surface area (Å²) in [6.45, 7) is 2.77. The summed E-state index contributed by atoms with van der Waals surface area (Å²) < 4.78 is 5.08. The molecule has 1 saturated heterocycles. The number of aromatic nitrogens is 1. The van der Waals surface area contributed by atoms with Gasteiger partial charge in [0.25, 0.3) is 0 Å². The Hall–Kier alpha value is -1.85. The van der Waals surface area contributed by atoms with Gasteiger partial charge in [-0.2, -0.15) is 0 Å². The van der Waals surface area contributed by atoms with Gasteiger partial charge in [-0.3, -0.25) is 4.79 Å². The molecule has 6 heteroatoms. The van der Waals surface area contributed by atoms with Crippen LogP contribution in [0.4, 0.5) is 0 Å². The van der Waals surface area contributed by atoms with Crippen LogP contribution in [0, 0.1) is 0 Å². The molecule has 0 aliphatic carbocycles. The summed E-state index contributed by atoms with van der Waals surface area (Å²) in [4.78, 5) is 28.1. The fraction of sp³-hybridized carbons (Fsp3) is 0.615. The Kier molecular flexibility index (Phi) is 4.19. The lowest BCUT2D eigenvalue weighted by Gasteiger charge is -2.23. The molecule has 0 bridgehead atoms. The number of nitrogens with zero attached hydrogens (tertiary/aromatic N) is 2. The van der Waals surface area contributed by atoms with E-state index in [4.69, 9.17) is 9.52 Å². The Morgan fingerprint density at radius 3 is 3.05 bits per heavy atom. The first-order valence-corrected chi connectivity index (χ1v) is 6.59. The fourth-order valence-corrected chi connectivity index (χ4v) is 2.45. The number of carbonyl (C=O) groups is 2. The number of oxazole rings is 1. The van der Waals surface area contributed by atoms with Crippen molar-refractivity contribution in [2.24, 2.45) is 0 Å². The van der Waals surface area contributed by atoms with E-state index in [1.54, 1.807) is 0 Å². The molecule has 1 amide bonds.